The van der Waals surface area contributed by atoms with Crippen LogP contribution in [0.15, 0.2) is 30.3 Å². The summed E-state index contributed by atoms with van der Waals surface area (Å²) in [5.41, 5.74) is 0. The standard InChI is InChI=1S/C21H32N2O2/c24-21(18-25-20-11-4-3-5-12-20)23-16-9-6-10-19(23)13-17-22-14-7-1-2-8-15-22/h3-5,11-12,19H,1-2,6-10,13-18H2/t19-/m0/s1. The minimum atomic E-state index is 0.143. The van der Waals surface area contributed by atoms with Crippen LogP contribution in [0.3, 0.4) is 0 Å². The van der Waals surface area contributed by atoms with Crippen LogP contribution in [-0.4, -0.2) is 54.5 Å². The number of nitrogens with zero attached hydrogens (tertiary/aromatic N) is 2. The monoisotopic (exact) mass is 344 g/mol. The molecule has 0 unspecified atom stereocenters. The number of likely N-dealkylation sites (tertiary alicyclic amines) is 2. The normalized spacial score (nSPS) is 22.4. The van der Waals surface area contributed by atoms with Crippen LogP contribution >= 0.6 is 0 Å². The van der Waals surface area contributed by atoms with Crippen molar-refractivity contribution in [2.75, 3.05) is 32.8 Å². The lowest BCUT2D eigenvalue weighted by atomic mass is 9.99. The summed E-state index contributed by atoms with van der Waals surface area (Å²) in [7, 11) is 0. The molecule has 0 radical (unpaired) electrons. The van der Waals surface area contributed by atoms with E-state index in [1.807, 2.05) is 30.3 Å². The maximum atomic E-state index is 12.7. The molecular weight excluding hydrogens is 312 g/mol. The van der Waals surface area contributed by atoms with Crippen LogP contribution in [0.1, 0.15) is 51.4 Å². The molecule has 2 aliphatic heterocycles. The number of benzene rings is 1. The van der Waals surface area contributed by atoms with Crippen molar-refractivity contribution in [3.63, 3.8) is 0 Å². The van der Waals surface area contributed by atoms with Gasteiger partial charge in [0.25, 0.3) is 5.91 Å². The molecule has 3 rings (SSSR count). The Morgan fingerprint density at radius 2 is 1.68 bits per heavy atom. The first-order valence-corrected chi connectivity index (χ1v) is 10.0. The SMILES string of the molecule is O=C(COc1ccccc1)N1CCCC[C@H]1CCN1CCCCCC1. The third kappa shape index (κ3) is 5.74. The van der Waals surface area contributed by atoms with Crippen LogP contribution in [0.2, 0.25) is 0 Å². The number of para-hydroxylation sites is 1. The van der Waals surface area contributed by atoms with Crippen molar-refractivity contribution in [1.29, 1.82) is 0 Å². The van der Waals surface area contributed by atoms with E-state index >= 15 is 0 Å². The van der Waals surface area contributed by atoms with Gasteiger partial charge in [0.05, 0.1) is 0 Å². The molecule has 0 aromatic heterocycles. The zero-order chi connectivity index (χ0) is 17.3. The number of hydrogen-bond donors (Lipinski definition) is 0. The zero-order valence-corrected chi connectivity index (χ0v) is 15.4. The molecule has 1 amide bonds. The molecule has 4 heteroatoms. The first-order chi connectivity index (χ1) is 12.3. The zero-order valence-electron chi connectivity index (χ0n) is 15.4. The predicted molar refractivity (Wildman–Crippen MR) is 101 cm³/mol. The highest BCUT2D eigenvalue weighted by atomic mass is 16.5. The molecular formula is C21H32N2O2. The second-order valence-electron chi connectivity index (χ2n) is 7.38. The number of hydrogen-bond acceptors (Lipinski definition) is 3. The van der Waals surface area contributed by atoms with Crippen molar-refractivity contribution in [3.05, 3.63) is 30.3 Å². The summed E-state index contributed by atoms with van der Waals surface area (Å²) in [6, 6.07) is 10.0. The first-order valence-electron chi connectivity index (χ1n) is 10.0. The second kappa shape index (κ2) is 9.81. The number of amides is 1. The lowest BCUT2D eigenvalue weighted by Gasteiger charge is -2.37. The third-order valence-electron chi connectivity index (χ3n) is 5.53. The average molecular weight is 344 g/mol. The lowest BCUT2D eigenvalue weighted by Crippen LogP contribution is -2.47. The van der Waals surface area contributed by atoms with Gasteiger partial charge in [-0.3, -0.25) is 4.79 Å². The van der Waals surface area contributed by atoms with Gasteiger partial charge in [-0.1, -0.05) is 31.0 Å². The Hall–Kier alpha value is -1.55. The summed E-state index contributed by atoms with van der Waals surface area (Å²) in [5, 5.41) is 0. The minimum absolute atomic E-state index is 0.143. The third-order valence-corrected chi connectivity index (χ3v) is 5.53. The highest BCUT2D eigenvalue weighted by molar-refractivity contribution is 5.78. The molecule has 0 saturated carbocycles. The van der Waals surface area contributed by atoms with Crippen molar-refractivity contribution in [3.8, 4) is 5.75 Å². The molecule has 1 aromatic carbocycles. The van der Waals surface area contributed by atoms with Crippen molar-refractivity contribution < 1.29 is 9.53 Å². The van der Waals surface area contributed by atoms with E-state index in [0.717, 1.165) is 38.1 Å². The van der Waals surface area contributed by atoms with Crippen LogP contribution in [0.25, 0.3) is 0 Å². The van der Waals surface area contributed by atoms with Gasteiger partial charge in [0.15, 0.2) is 6.61 Å². The Kier molecular flexibility index (Phi) is 7.16. The number of carbonyl (C=O) groups excluding carboxylic acids is 1. The minimum Gasteiger partial charge on any atom is -0.484 e. The molecule has 0 spiro atoms. The summed E-state index contributed by atoms with van der Waals surface area (Å²) in [4.78, 5) is 17.4. The van der Waals surface area contributed by atoms with Gasteiger partial charge in [0.2, 0.25) is 0 Å². The molecule has 2 heterocycles. The van der Waals surface area contributed by atoms with Crippen molar-refractivity contribution in [1.82, 2.24) is 9.80 Å². The van der Waals surface area contributed by atoms with E-state index < -0.39 is 0 Å². The van der Waals surface area contributed by atoms with Crippen LogP contribution in [-0.2, 0) is 4.79 Å². The molecule has 0 N–H and O–H groups in total. The number of carbonyl (C=O) groups is 1. The van der Waals surface area contributed by atoms with Crippen LogP contribution in [0.4, 0.5) is 0 Å². The van der Waals surface area contributed by atoms with E-state index in [-0.39, 0.29) is 12.5 Å². The Morgan fingerprint density at radius 1 is 0.960 bits per heavy atom. The Bertz CT molecular complexity index is 512. The van der Waals surface area contributed by atoms with Gasteiger partial charge in [-0.05, 0) is 63.7 Å². The lowest BCUT2D eigenvalue weighted by molar-refractivity contribution is -0.137. The van der Waals surface area contributed by atoms with Crippen molar-refractivity contribution in [2.45, 2.75) is 57.4 Å². The van der Waals surface area contributed by atoms with E-state index in [9.17, 15) is 4.79 Å². The Morgan fingerprint density at radius 3 is 2.44 bits per heavy atom. The fourth-order valence-electron chi connectivity index (χ4n) is 4.07. The van der Waals surface area contributed by atoms with Gasteiger partial charge in [-0.15, -0.1) is 0 Å². The quantitative estimate of drug-likeness (QED) is 0.788. The van der Waals surface area contributed by atoms with Gasteiger partial charge in [0.1, 0.15) is 5.75 Å². The van der Waals surface area contributed by atoms with Crippen LogP contribution in [0, 0.1) is 0 Å². The van der Waals surface area contributed by atoms with Gasteiger partial charge in [-0.2, -0.15) is 0 Å². The molecule has 0 bridgehead atoms. The molecule has 4 nitrogen and oxygen atoms in total. The van der Waals surface area contributed by atoms with E-state index in [0.29, 0.717) is 6.04 Å². The first kappa shape index (κ1) is 18.2. The number of ether oxygens (including phenoxy) is 1. The van der Waals surface area contributed by atoms with E-state index in [1.54, 1.807) is 0 Å². The number of piperidine rings is 1. The largest absolute Gasteiger partial charge is 0.484 e. The van der Waals surface area contributed by atoms with Crippen molar-refractivity contribution >= 4 is 5.91 Å². The van der Waals surface area contributed by atoms with E-state index in [2.05, 4.69) is 9.80 Å². The van der Waals surface area contributed by atoms with E-state index in [1.165, 1.54) is 45.2 Å². The maximum Gasteiger partial charge on any atom is 0.260 e. The summed E-state index contributed by atoms with van der Waals surface area (Å²) in [6.07, 6.45) is 10.0. The highest BCUT2D eigenvalue weighted by Crippen LogP contribution is 2.21. The summed E-state index contributed by atoms with van der Waals surface area (Å²) in [5.74, 6) is 0.915. The Labute approximate surface area is 152 Å². The smallest absolute Gasteiger partial charge is 0.260 e. The predicted octanol–water partition coefficient (Wildman–Crippen LogP) is 3.71. The fraction of sp³-hybridized carbons (Fsp3) is 0.667. The van der Waals surface area contributed by atoms with Crippen LogP contribution in [0.5, 0.6) is 5.75 Å². The second-order valence-corrected chi connectivity index (χ2v) is 7.38. The Balaban J connectivity index is 1.48. The molecule has 138 valence electrons. The number of rotatable bonds is 6. The molecule has 2 aliphatic rings. The topological polar surface area (TPSA) is 32.8 Å². The van der Waals surface area contributed by atoms with E-state index in [4.69, 9.17) is 4.74 Å². The summed E-state index contributed by atoms with van der Waals surface area (Å²) >= 11 is 0. The summed E-state index contributed by atoms with van der Waals surface area (Å²) < 4.78 is 5.68. The maximum absolute atomic E-state index is 12.7. The van der Waals surface area contributed by atoms with Gasteiger partial charge in [0, 0.05) is 19.1 Å². The molecule has 1 aromatic rings. The fourth-order valence-corrected chi connectivity index (χ4v) is 4.07. The van der Waals surface area contributed by atoms with Gasteiger partial charge >= 0.3 is 0 Å². The molecule has 0 aliphatic carbocycles. The molecule has 1 atom stereocenters. The van der Waals surface area contributed by atoms with Gasteiger partial charge in [-0.25, -0.2) is 0 Å². The molecule has 2 saturated heterocycles. The summed E-state index contributed by atoms with van der Waals surface area (Å²) in [6.45, 7) is 4.65. The van der Waals surface area contributed by atoms with Crippen LogP contribution < -0.4 is 4.74 Å². The molecule has 25 heavy (non-hydrogen) atoms. The van der Waals surface area contributed by atoms with Crippen molar-refractivity contribution in [2.24, 2.45) is 0 Å². The van der Waals surface area contributed by atoms with Gasteiger partial charge < -0.3 is 14.5 Å². The highest BCUT2D eigenvalue weighted by Gasteiger charge is 2.27. The average Bonchev–Trinajstić information content (AvgIpc) is 2.94. The molecule has 2 fully saturated rings.